The lowest BCUT2D eigenvalue weighted by Gasteiger charge is -2.26. The predicted octanol–water partition coefficient (Wildman–Crippen LogP) is 5.49. The molecule has 0 aromatic heterocycles. The highest BCUT2D eigenvalue weighted by Crippen LogP contribution is 2.42. The molecule has 3 aromatic carbocycles. The van der Waals surface area contributed by atoms with Gasteiger partial charge in [-0.2, -0.15) is 0 Å². The fourth-order valence-electron chi connectivity index (χ4n) is 4.32. The van der Waals surface area contributed by atoms with Crippen molar-refractivity contribution in [2.24, 2.45) is 0 Å². The van der Waals surface area contributed by atoms with E-state index in [0.717, 1.165) is 5.56 Å². The summed E-state index contributed by atoms with van der Waals surface area (Å²) >= 11 is 3.42. The molecule has 1 saturated heterocycles. The van der Waals surface area contributed by atoms with E-state index in [1.165, 1.54) is 12.0 Å². The molecule has 0 spiro atoms. The molecule has 1 unspecified atom stereocenters. The molecule has 3 aromatic rings. The van der Waals surface area contributed by atoms with E-state index in [2.05, 4.69) is 15.9 Å². The van der Waals surface area contributed by atoms with Gasteiger partial charge in [-0.15, -0.1) is 0 Å². The van der Waals surface area contributed by atoms with Crippen LogP contribution in [0.15, 0.2) is 76.8 Å². The number of para-hydroxylation sites is 1. The maximum Gasteiger partial charge on any atom is 0.295 e. The zero-order valence-electron chi connectivity index (χ0n) is 20.2. The largest absolute Gasteiger partial charge is 0.507 e. The van der Waals surface area contributed by atoms with Crippen molar-refractivity contribution in [2.45, 2.75) is 19.5 Å². The van der Waals surface area contributed by atoms with Crippen LogP contribution in [0.2, 0.25) is 0 Å². The highest BCUT2D eigenvalue weighted by molar-refractivity contribution is 9.10. The number of Topliss-reactive ketones (excluding diaryl/α,β-unsaturated/α-hetero) is 1. The zero-order valence-corrected chi connectivity index (χ0v) is 21.7. The van der Waals surface area contributed by atoms with Crippen LogP contribution < -0.4 is 14.2 Å². The van der Waals surface area contributed by atoms with Crippen LogP contribution >= 0.6 is 15.9 Å². The van der Waals surface area contributed by atoms with E-state index in [9.17, 15) is 14.7 Å². The molecule has 1 atom stereocenters. The minimum Gasteiger partial charge on any atom is -0.507 e. The van der Waals surface area contributed by atoms with Gasteiger partial charge < -0.3 is 24.2 Å². The first-order valence-corrected chi connectivity index (χ1v) is 12.2. The number of aliphatic hydroxyl groups excluding tert-OH is 1. The number of ketones is 1. The number of amides is 1. The molecule has 1 aliphatic rings. The number of rotatable bonds is 8. The predicted molar refractivity (Wildman–Crippen MR) is 139 cm³/mol. The van der Waals surface area contributed by atoms with E-state index in [4.69, 9.17) is 14.2 Å². The van der Waals surface area contributed by atoms with E-state index >= 15 is 0 Å². The number of halogens is 1. The highest BCUT2D eigenvalue weighted by Gasteiger charge is 2.46. The molecular weight excluding hydrogens is 526 g/mol. The Balaban J connectivity index is 1.88. The summed E-state index contributed by atoms with van der Waals surface area (Å²) in [7, 11) is 3.09. The smallest absolute Gasteiger partial charge is 0.295 e. The number of benzene rings is 3. The van der Waals surface area contributed by atoms with Gasteiger partial charge >= 0.3 is 0 Å². The third-order valence-corrected chi connectivity index (χ3v) is 6.60. The van der Waals surface area contributed by atoms with Crippen molar-refractivity contribution in [1.29, 1.82) is 0 Å². The van der Waals surface area contributed by atoms with Crippen molar-refractivity contribution in [1.82, 2.24) is 4.90 Å². The highest BCUT2D eigenvalue weighted by atomic mass is 79.9. The lowest BCUT2D eigenvalue weighted by molar-refractivity contribution is -0.140. The maximum absolute atomic E-state index is 13.4. The number of carbonyl (C=O) groups excluding carboxylic acids is 2. The van der Waals surface area contributed by atoms with Crippen molar-refractivity contribution in [3.8, 4) is 17.2 Å². The van der Waals surface area contributed by atoms with Crippen LogP contribution in [-0.2, 0) is 16.1 Å². The second kappa shape index (κ2) is 10.9. The quantitative estimate of drug-likeness (QED) is 0.226. The van der Waals surface area contributed by atoms with E-state index < -0.39 is 17.7 Å². The van der Waals surface area contributed by atoms with E-state index in [-0.39, 0.29) is 17.9 Å². The Labute approximate surface area is 218 Å². The first kappa shape index (κ1) is 25.3. The Morgan fingerprint density at radius 1 is 0.972 bits per heavy atom. The molecule has 1 N–H and O–H groups in total. The molecule has 36 heavy (non-hydrogen) atoms. The molecule has 7 nitrogen and oxygen atoms in total. The average molecular weight is 552 g/mol. The number of likely N-dealkylation sites (tertiary alicyclic amines) is 1. The van der Waals surface area contributed by atoms with Crippen LogP contribution in [0.3, 0.4) is 0 Å². The summed E-state index contributed by atoms with van der Waals surface area (Å²) in [6.07, 6.45) is 0. The third-order valence-electron chi connectivity index (χ3n) is 5.98. The molecule has 1 heterocycles. The van der Waals surface area contributed by atoms with Crippen LogP contribution in [0.1, 0.15) is 29.7 Å². The number of hydrogen-bond donors (Lipinski definition) is 1. The van der Waals surface area contributed by atoms with Crippen molar-refractivity contribution >= 4 is 33.4 Å². The summed E-state index contributed by atoms with van der Waals surface area (Å²) in [5.74, 6) is 0.0311. The fraction of sp³-hybridized carbons (Fsp3) is 0.214. The molecule has 0 saturated carbocycles. The van der Waals surface area contributed by atoms with Gasteiger partial charge in [0.05, 0.1) is 43.5 Å². The Hall–Kier alpha value is -3.78. The van der Waals surface area contributed by atoms with Crippen LogP contribution in [0, 0.1) is 0 Å². The number of aliphatic hydroxyl groups is 1. The minimum absolute atomic E-state index is 0.000568. The number of carbonyl (C=O) groups is 2. The number of ether oxygens (including phenoxy) is 3. The third kappa shape index (κ3) is 4.81. The first-order chi connectivity index (χ1) is 17.4. The topological polar surface area (TPSA) is 85.3 Å². The van der Waals surface area contributed by atoms with Crippen molar-refractivity contribution in [3.05, 3.63) is 93.5 Å². The van der Waals surface area contributed by atoms with Gasteiger partial charge in [0, 0.05) is 11.1 Å². The van der Waals surface area contributed by atoms with Crippen molar-refractivity contribution in [3.63, 3.8) is 0 Å². The number of nitrogens with zero attached hydrogens (tertiary/aromatic N) is 1. The summed E-state index contributed by atoms with van der Waals surface area (Å²) in [5.41, 5.74) is 1.76. The lowest BCUT2D eigenvalue weighted by atomic mass is 9.95. The Morgan fingerprint density at radius 2 is 1.72 bits per heavy atom. The lowest BCUT2D eigenvalue weighted by Crippen LogP contribution is -2.29. The Morgan fingerprint density at radius 3 is 2.42 bits per heavy atom. The fourth-order valence-corrected chi connectivity index (χ4v) is 4.86. The molecular formula is C28H26BrNO6. The van der Waals surface area contributed by atoms with Crippen LogP contribution in [0.5, 0.6) is 17.2 Å². The Bertz CT molecular complexity index is 1340. The average Bonchev–Trinajstić information content (AvgIpc) is 3.14. The van der Waals surface area contributed by atoms with Gasteiger partial charge in [-0.05, 0) is 64.8 Å². The first-order valence-electron chi connectivity index (χ1n) is 11.4. The number of methoxy groups -OCH3 is 2. The molecule has 0 radical (unpaired) electrons. The SMILES string of the molecule is CCOc1cccc(C2/C(=C(\O)c3ccc(OC)c(Br)c3)C(=O)C(=O)N2Cc2ccccc2OC)c1. The normalized spacial score (nSPS) is 16.8. The molecule has 1 fully saturated rings. The van der Waals surface area contributed by atoms with Gasteiger partial charge in [-0.3, -0.25) is 9.59 Å². The monoisotopic (exact) mass is 551 g/mol. The molecule has 8 heteroatoms. The van der Waals surface area contributed by atoms with Gasteiger partial charge in [-0.1, -0.05) is 30.3 Å². The van der Waals surface area contributed by atoms with Gasteiger partial charge in [0.15, 0.2) is 0 Å². The van der Waals surface area contributed by atoms with Crippen LogP contribution in [0.4, 0.5) is 0 Å². The summed E-state index contributed by atoms with van der Waals surface area (Å²) in [5, 5.41) is 11.3. The molecule has 1 amide bonds. The van der Waals surface area contributed by atoms with Gasteiger partial charge in [0.1, 0.15) is 23.0 Å². The Kier molecular flexibility index (Phi) is 7.64. The van der Waals surface area contributed by atoms with Gasteiger partial charge in [0.2, 0.25) is 0 Å². The molecule has 1 aliphatic heterocycles. The summed E-state index contributed by atoms with van der Waals surface area (Å²) in [6, 6.07) is 18.6. The van der Waals surface area contributed by atoms with E-state index in [0.29, 0.717) is 39.5 Å². The second-order valence-electron chi connectivity index (χ2n) is 8.09. The molecule has 0 bridgehead atoms. The maximum atomic E-state index is 13.4. The second-order valence-corrected chi connectivity index (χ2v) is 8.95. The zero-order chi connectivity index (χ0) is 25.8. The van der Waals surface area contributed by atoms with Crippen LogP contribution in [0.25, 0.3) is 5.76 Å². The van der Waals surface area contributed by atoms with E-state index in [1.807, 2.05) is 31.2 Å². The van der Waals surface area contributed by atoms with Crippen molar-refractivity contribution in [2.75, 3.05) is 20.8 Å². The minimum atomic E-state index is -0.837. The van der Waals surface area contributed by atoms with E-state index in [1.54, 1.807) is 49.6 Å². The molecule has 186 valence electrons. The van der Waals surface area contributed by atoms with Gasteiger partial charge in [-0.25, -0.2) is 0 Å². The summed E-state index contributed by atoms with van der Waals surface area (Å²) in [6.45, 7) is 2.45. The standard InChI is InChI=1S/C28H26BrNO6/c1-4-36-20-10-7-9-17(14-20)25-24(26(31)18-12-13-23(35-3)21(29)15-18)27(32)28(33)30(25)16-19-8-5-6-11-22(19)34-2/h5-15,25,31H,4,16H2,1-3H3/b26-24+. The van der Waals surface area contributed by atoms with Gasteiger partial charge in [0.25, 0.3) is 11.7 Å². The molecule has 4 rings (SSSR count). The summed E-state index contributed by atoms with van der Waals surface area (Å²) < 4.78 is 17.0. The van der Waals surface area contributed by atoms with Crippen molar-refractivity contribution < 1.29 is 28.9 Å². The van der Waals surface area contributed by atoms with Crippen LogP contribution in [-0.4, -0.2) is 42.5 Å². The summed E-state index contributed by atoms with van der Waals surface area (Å²) in [4.78, 5) is 28.2. The molecule has 0 aliphatic carbocycles. The number of hydrogen-bond acceptors (Lipinski definition) is 6.